The second-order valence-electron chi connectivity index (χ2n) is 8.52. The smallest absolute Gasteiger partial charge is 0.338 e. The van der Waals surface area contributed by atoms with Crippen LogP contribution in [0.5, 0.6) is 11.5 Å². The molecular formula is C28H26N2O7. The molecule has 0 spiro atoms. The third-order valence-corrected chi connectivity index (χ3v) is 5.83. The molecule has 3 aromatic rings. The number of anilines is 1. The molecule has 0 aliphatic carbocycles. The molecule has 1 aliphatic rings. The van der Waals surface area contributed by atoms with Crippen molar-refractivity contribution in [3.05, 3.63) is 89.3 Å². The van der Waals surface area contributed by atoms with Gasteiger partial charge in [-0.3, -0.25) is 19.5 Å². The summed E-state index contributed by atoms with van der Waals surface area (Å²) < 4.78 is 15.9. The Kier molecular flexibility index (Phi) is 7.24. The van der Waals surface area contributed by atoms with Crippen LogP contribution in [0.25, 0.3) is 5.76 Å². The van der Waals surface area contributed by atoms with Crippen LogP contribution in [0.4, 0.5) is 5.69 Å². The summed E-state index contributed by atoms with van der Waals surface area (Å²) in [7, 11) is 2.91. The lowest BCUT2D eigenvalue weighted by Gasteiger charge is -2.25. The number of ether oxygens (including phenoxy) is 3. The van der Waals surface area contributed by atoms with Gasteiger partial charge in [-0.15, -0.1) is 0 Å². The number of benzene rings is 2. The topological polar surface area (TPSA) is 115 Å². The molecule has 2 aromatic carbocycles. The van der Waals surface area contributed by atoms with E-state index in [1.807, 2.05) is 0 Å². The van der Waals surface area contributed by atoms with Crippen molar-refractivity contribution in [2.75, 3.05) is 19.1 Å². The Labute approximate surface area is 213 Å². The number of nitrogens with zero attached hydrogens (tertiary/aromatic N) is 2. The quantitative estimate of drug-likeness (QED) is 0.220. The third-order valence-electron chi connectivity index (χ3n) is 5.83. The Balaban J connectivity index is 1.87. The maximum absolute atomic E-state index is 13.4. The standard InChI is InChI=1S/C28H26N2O7/c1-16(2)37-28(34)17-7-9-19(10-8-17)30-24(18-6-5-13-29-15-18)23(26(32)27(30)33)25(31)21-14-20(35-3)11-12-22(21)36-4/h5-16,24,31H,1-4H3/b25-23+. The molecule has 1 N–H and O–H groups in total. The third kappa shape index (κ3) is 4.88. The molecule has 1 amide bonds. The van der Waals surface area contributed by atoms with Gasteiger partial charge in [-0.2, -0.15) is 0 Å². The van der Waals surface area contributed by atoms with Gasteiger partial charge in [0.2, 0.25) is 0 Å². The average Bonchev–Trinajstić information content (AvgIpc) is 3.18. The Hall–Kier alpha value is -4.66. The number of Topliss-reactive ketones (excluding diaryl/α,β-unsaturated/α-hetero) is 1. The number of methoxy groups -OCH3 is 2. The highest BCUT2D eigenvalue weighted by atomic mass is 16.5. The average molecular weight is 503 g/mol. The lowest BCUT2D eigenvalue weighted by Crippen LogP contribution is -2.29. The van der Waals surface area contributed by atoms with Gasteiger partial charge in [-0.25, -0.2) is 4.79 Å². The van der Waals surface area contributed by atoms with Crippen molar-refractivity contribution < 1.29 is 33.7 Å². The maximum Gasteiger partial charge on any atom is 0.338 e. The first-order valence-electron chi connectivity index (χ1n) is 11.5. The summed E-state index contributed by atoms with van der Waals surface area (Å²) in [6.07, 6.45) is 2.80. The fourth-order valence-electron chi connectivity index (χ4n) is 4.14. The maximum atomic E-state index is 13.4. The minimum Gasteiger partial charge on any atom is -0.507 e. The van der Waals surface area contributed by atoms with Crippen LogP contribution in [0.1, 0.15) is 41.4 Å². The normalized spacial score (nSPS) is 16.7. The van der Waals surface area contributed by atoms with E-state index >= 15 is 0 Å². The van der Waals surface area contributed by atoms with Gasteiger partial charge in [0.1, 0.15) is 17.3 Å². The van der Waals surface area contributed by atoms with Gasteiger partial charge in [-0.05, 0) is 67.9 Å². The predicted octanol–water partition coefficient (Wildman–Crippen LogP) is 4.29. The van der Waals surface area contributed by atoms with E-state index in [-0.39, 0.29) is 17.2 Å². The number of aromatic nitrogens is 1. The van der Waals surface area contributed by atoms with Gasteiger partial charge in [0, 0.05) is 18.1 Å². The van der Waals surface area contributed by atoms with Gasteiger partial charge < -0.3 is 19.3 Å². The van der Waals surface area contributed by atoms with Crippen LogP contribution >= 0.6 is 0 Å². The van der Waals surface area contributed by atoms with Gasteiger partial charge >= 0.3 is 5.97 Å². The highest BCUT2D eigenvalue weighted by molar-refractivity contribution is 6.51. The largest absolute Gasteiger partial charge is 0.507 e. The van der Waals surface area contributed by atoms with Crippen LogP contribution in [0.3, 0.4) is 0 Å². The zero-order valence-corrected chi connectivity index (χ0v) is 20.8. The number of aliphatic hydroxyl groups is 1. The highest BCUT2D eigenvalue weighted by Gasteiger charge is 2.47. The van der Waals surface area contributed by atoms with Crippen molar-refractivity contribution in [1.82, 2.24) is 4.98 Å². The molecule has 190 valence electrons. The Bertz CT molecular complexity index is 1370. The number of carbonyl (C=O) groups excluding carboxylic acids is 3. The van der Waals surface area contributed by atoms with Gasteiger partial charge in [0.25, 0.3) is 11.7 Å². The Morgan fingerprint density at radius 2 is 1.76 bits per heavy atom. The molecule has 9 heteroatoms. The van der Waals surface area contributed by atoms with E-state index in [1.54, 1.807) is 56.4 Å². The van der Waals surface area contributed by atoms with Gasteiger partial charge in [0.05, 0.1) is 43.1 Å². The number of amides is 1. The number of aliphatic hydroxyl groups excluding tert-OH is 1. The lowest BCUT2D eigenvalue weighted by atomic mass is 9.95. The van der Waals surface area contributed by atoms with Crippen molar-refractivity contribution in [2.45, 2.75) is 26.0 Å². The van der Waals surface area contributed by atoms with Crippen molar-refractivity contribution >= 4 is 29.1 Å². The van der Waals surface area contributed by atoms with Crippen LogP contribution in [-0.4, -0.2) is 48.1 Å². The van der Waals surface area contributed by atoms with Crippen LogP contribution in [0, 0.1) is 0 Å². The number of carbonyl (C=O) groups is 3. The van der Waals surface area contributed by atoms with E-state index in [0.29, 0.717) is 28.3 Å². The van der Waals surface area contributed by atoms with Gasteiger partial charge in [0.15, 0.2) is 0 Å². The first-order chi connectivity index (χ1) is 17.8. The zero-order valence-electron chi connectivity index (χ0n) is 20.8. The molecule has 0 radical (unpaired) electrons. The SMILES string of the molecule is COc1ccc(OC)c(/C(O)=C2\C(=O)C(=O)N(c3ccc(C(=O)OC(C)C)cc3)C2c2cccnc2)c1. The second-order valence-corrected chi connectivity index (χ2v) is 8.52. The summed E-state index contributed by atoms with van der Waals surface area (Å²) in [5.74, 6) is -1.91. The van der Waals surface area contributed by atoms with Crippen molar-refractivity contribution in [3.8, 4) is 11.5 Å². The summed E-state index contributed by atoms with van der Waals surface area (Å²) >= 11 is 0. The van der Waals surface area contributed by atoms with Crippen LogP contribution in [0.15, 0.2) is 72.6 Å². The molecule has 1 aromatic heterocycles. The van der Waals surface area contributed by atoms with E-state index in [2.05, 4.69) is 4.98 Å². The molecule has 37 heavy (non-hydrogen) atoms. The lowest BCUT2D eigenvalue weighted by molar-refractivity contribution is -0.132. The first-order valence-corrected chi connectivity index (χ1v) is 11.5. The summed E-state index contributed by atoms with van der Waals surface area (Å²) in [5.41, 5.74) is 1.23. The Morgan fingerprint density at radius 3 is 2.35 bits per heavy atom. The van der Waals surface area contributed by atoms with E-state index in [9.17, 15) is 19.5 Å². The molecule has 1 unspecified atom stereocenters. The van der Waals surface area contributed by atoms with Crippen LogP contribution in [-0.2, 0) is 14.3 Å². The minimum absolute atomic E-state index is 0.132. The number of esters is 1. The minimum atomic E-state index is -0.988. The predicted molar refractivity (Wildman–Crippen MR) is 136 cm³/mol. The van der Waals surface area contributed by atoms with E-state index in [1.165, 1.54) is 43.5 Å². The fraction of sp³-hybridized carbons (Fsp3) is 0.214. The van der Waals surface area contributed by atoms with Gasteiger partial charge in [-0.1, -0.05) is 6.07 Å². The summed E-state index contributed by atoms with van der Waals surface area (Å²) in [6.45, 7) is 3.49. The van der Waals surface area contributed by atoms with Crippen LogP contribution < -0.4 is 14.4 Å². The monoisotopic (exact) mass is 502 g/mol. The number of hydrogen-bond acceptors (Lipinski definition) is 8. The molecule has 2 heterocycles. The number of hydrogen-bond donors (Lipinski definition) is 1. The summed E-state index contributed by atoms with van der Waals surface area (Å²) in [6, 6.07) is 13.3. The number of rotatable bonds is 7. The van der Waals surface area contributed by atoms with E-state index < -0.39 is 29.5 Å². The number of ketones is 1. The van der Waals surface area contributed by atoms with Crippen molar-refractivity contribution in [2.24, 2.45) is 0 Å². The van der Waals surface area contributed by atoms with Crippen molar-refractivity contribution in [1.29, 1.82) is 0 Å². The zero-order chi connectivity index (χ0) is 26.7. The molecule has 4 rings (SSSR count). The molecule has 1 atom stereocenters. The second kappa shape index (κ2) is 10.5. The van der Waals surface area contributed by atoms with E-state index in [0.717, 1.165) is 0 Å². The molecule has 0 saturated carbocycles. The molecule has 1 aliphatic heterocycles. The Morgan fingerprint density at radius 1 is 1.03 bits per heavy atom. The van der Waals surface area contributed by atoms with Crippen LogP contribution in [0.2, 0.25) is 0 Å². The molecule has 0 bridgehead atoms. The summed E-state index contributed by atoms with van der Waals surface area (Å²) in [5, 5.41) is 11.4. The molecule has 1 saturated heterocycles. The highest BCUT2D eigenvalue weighted by Crippen LogP contribution is 2.43. The molecule has 1 fully saturated rings. The van der Waals surface area contributed by atoms with Crippen molar-refractivity contribution in [3.63, 3.8) is 0 Å². The molecular weight excluding hydrogens is 476 g/mol. The number of pyridine rings is 1. The summed E-state index contributed by atoms with van der Waals surface area (Å²) in [4.78, 5) is 44.4. The van der Waals surface area contributed by atoms with E-state index in [4.69, 9.17) is 14.2 Å². The first kappa shape index (κ1) is 25.4. The molecule has 9 nitrogen and oxygen atoms in total. The fourth-order valence-corrected chi connectivity index (χ4v) is 4.14.